The summed E-state index contributed by atoms with van der Waals surface area (Å²) in [5.74, 6) is 1.22. The fourth-order valence-corrected chi connectivity index (χ4v) is 12.7. The van der Waals surface area contributed by atoms with E-state index in [4.69, 9.17) is 0 Å². The van der Waals surface area contributed by atoms with E-state index >= 15 is 0 Å². The van der Waals surface area contributed by atoms with Gasteiger partial charge in [0.2, 0.25) is 0 Å². The van der Waals surface area contributed by atoms with Gasteiger partial charge in [0.15, 0.2) is 0 Å². The summed E-state index contributed by atoms with van der Waals surface area (Å²) in [7, 11) is 0. The Hall–Kier alpha value is -5.66. The van der Waals surface area contributed by atoms with Gasteiger partial charge in [-0.3, -0.25) is 0 Å². The van der Waals surface area contributed by atoms with Crippen LogP contribution in [0, 0.1) is 11.8 Å². The SMILES string of the molecule is CC1(C)c2ccccc2-c2cc(N(C3=CC4=C(CC3)C3=CC=CCC3C43c4ccccc4C4C=CC=CC43)c3ccc4c(c3)C(C)(C)c3ccccc3-4)ccc21. The van der Waals surface area contributed by atoms with E-state index in [1.807, 2.05) is 0 Å². The molecule has 12 rings (SSSR count). The average molecular weight is 722 g/mol. The summed E-state index contributed by atoms with van der Waals surface area (Å²) < 4.78 is 0. The molecule has 4 unspecified atom stereocenters. The van der Waals surface area contributed by atoms with E-state index in [1.165, 1.54) is 67.1 Å². The van der Waals surface area contributed by atoms with Crippen LogP contribution >= 0.6 is 0 Å². The van der Waals surface area contributed by atoms with Crippen molar-refractivity contribution in [2.24, 2.45) is 11.8 Å². The molecule has 4 atom stereocenters. The van der Waals surface area contributed by atoms with Gasteiger partial charge in [0, 0.05) is 51.1 Å². The monoisotopic (exact) mass is 721 g/mol. The molecule has 0 saturated carbocycles. The second-order valence-electron chi connectivity index (χ2n) is 18.3. The van der Waals surface area contributed by atoms with Crippen molar-refractivity contribution in [1.29, 1.82) is 0 Å². The molecule has 1 heteroatoms. The van der Waals surface area contributed by atoms with Gasteiger partial charge in [0.25, 0.3) is 0 Å². The average Bonchev–Trinajstić information content (AvgIpc) is 3.86. The van der Waals surface area contributed by atoms with Gasteiger partial charge in [-0.1, -0.05) is 155 Å². The third-order valence-electron chi connectivity index (χ3n) is 15.1. The lowest BCUT2D eigenvalue weighted by Crippen LogP contribution is -2.39. The van der Waals surface area contributed by atoms with Gasteiger partial charge in [-0.25, -0.2) is 0 Å². The first-order chi connectivity index (χ1) is 27.3. The van der Waals surface area contributed by atoms with Crippen molar-refractivity contribution in [1.82, 2.24) is 0 Å². The van der Waals surface area contributed by atoms with Crippen LogP contribution in [0.2, 0.25) is 0 Å². The van der Waals surface area contributed by atoms with Crippen LogP contribution in [0.3, 0.4) is 0 Å². The number of fused-ring (bicyclic) bond motifs is 15. The van der Waals surface area contributed by atoms with E-state index in [2.05, 4.69) is 190 Å². The lowest BCUT2D eigenvalue weighted by Gasteiger charge is -2.42. The molecule has 0 amide bonds. The van der Waals surface area contributed by atoms with Crippen molar-refractivity contribution < 1.29 is 0 Å². The first-order valence-corrected chi connectivity index (χ1v) is 20.8. The van der Waals surface area contributed by atoms with Crippen molar-refractivity contribution in [2.45, 2.75) is 69.1 Å². The van der Waals surface area contributed by atoms with Gasteiger partial charge in [-0.2, -0.15) is 0 Å². The zero-order chi connectivity index (χ0) is 37.6. The summed E-state index contributed by atoms with van der Waals surface area (Å²) in [6.07, 6.45) is 22.7. The van der Waals surface area contributed by atoms with Crippen LogP contribution in [-0.4, -0.2) is 0 Å². The van der Waals surface area contributed by atoms with Gasteiger partial charge >= 0.3 is 0 Å². The smallest absolute Gasteiger partial charge is 0.0464 e. The summed E-state index contributed by atoms with van der Waals surface area (Å²) in [5.41, 5.74) is 22.6. The number of benzene rings is 5. The van der Waals surface area contributed by atoms with Crippen molar-refractivity contribution in [3.63, 3.8) is 0 Å². The Labute approximate surface area is 331 Å². The zero-order valence-corrected chi connectivity index (χ0v) is 32.8. The highest BCUT2D eigenvalue weighted by molar-refractivity contribution is 5.87. The maximum atomic E-state index is 2.68. The predicted molar refractivity (Wildman–Crippen MR) is 232 cm³/mol. The molecule has 0 N–H and O–H groups in total. The van der Waals surface area contributed by atoms with E-state index in [1.54, 1.807) is 22.3 Å². The number of rotatable bonds is 3. The van der Waals surface area contributed by atoms with Crippen LogP contribution in [0.1, 0.15) is 86.3 Å². The van der Waals surface area contributed by atoms with Crippen molar-refractivity contribution in [3.8, 4) is 22.3 Å². The molecule has 0 fully saturated rings. The maximum Gasteiger partial charge on any atom is 0.0464 e. The molecule has 1 nitrogen and oxygen atoms in total. The first kappa shape index (κ1) is 32.6. The molecule has 0 aromatic heterocycles. The van der Waals surface area contributed by atoms with E-state index in [9.17, 15) is 0 Å². The molecular weight excluding hydrogens is 675 g/mol. The number of hydrogen-bond acceptors (Lipinski definition) is 1. The lowest BCUT2D eigenvalue weighted by atomic mass is 9.60. The summed E-state index contributed by atoms with van der Waals surface area (Å²) >= 11 is 0. The minimum absolute atomic E-state index is 0.0366. The molecule has 7 aliphatic carbocycles. The van der Waals surface area contributed by atoms with E-state index < -0.39 is 0 Å². The second kappa shape index (κ2) is 11.2. The van der Waals surface area contributed by atoms with Crippen LogP contribution in [0.5, 0.6) is 0 Å². The fourth-order valence-electron chi connectivity index (χ4n) is 12.7. The first-order valence-electron chi connectivity index (χ1n) is 20.8. The van der Waals surface area contributed by atoms with E-state index in [0.717, 1.165) is 19.3 Å². The number of allylic oxidation sites excluding steroid dienone is 12. The van der Waals surface area contributed by atoms with Gasteiger partial charge in [0.1, 0.15) is 0 Å². The Morgan fingerprint density at radius 2 is 1.21 bits per heavy atom. The topological polar surface area (TPSA) is 3.24 Å². The van der Waals surface area contributed by atoms with Gasteiger partial charge < -0.3 is 4.90 Å². The molecule has 0 saturated heterocycles. The maximum absolute atomic E-state index is 2.68. The molecule has 7 aliphatic rings. The van der Waals surface area contributed by atoms with Crippen LogP contribution in [0.25, 0.3) is 22.3 Å². The summed E-state index contributed by atoms with van der Waals surface area (Å²) in [5, 5.41) is 0. The lowest BCUT2D eigenvalue weighted by molar-refractivity contribution is 0.306. The Bertz CT molecular complexity index is 2760. The Balaban J connectivity index is 1.09. The Morgan fingerprint density at radius 3 is 2.04 bits per heavy atom. The van der Waals surface area contributed by atoms with Crippen LogP contribution < -0.4 is 4.90 Å². The highest BCUT2D eigenvalue weighted by Crippen LogP contribution is 2.68. The summed E-state index contributed by atoms with van der Waals surface area (Å²) in [6.45, 7) is 9.58. The van der Waals surface area contributed by atoms with Crippen LogP contribution in [0.4, 0.5) is 11.4 Å². The van der Waals surface area contributed by atoms with Gasteiger partial charge in [0.05, 0.1) is 0 Å². The molecule has 0 radical (unpaired) electrons. The standard InChI is InChI=1S/C55H47N/c1-53(2)46-21-11-6-19-41(46)44-31-34(27-30-47(44)53)56(35-25-28-42-37-15-5-10-20-45(37)54(3,4)51(42)32-35)36-26-29-43-40-18-9-14-24-50(40)55(52(43)33-36)48-22-12-7-16-38(48)39-17-8-13-23-49(39)55/h5-23,25,27-28,30-33,38,48,50H,24,26,29H2,1-4H3. The summed E-state index contributed by atoms with van der Waals surface area (Å²) in [6, 6.07) is 42.2. The molecule has 0 bridgehead atoms. The molecule has 5 aromatic carbocycles. The van der Waals surface area contributed by atoms with E-state index in [0.29, 0.717) is 17.8 Å². The van der Waals surface area contributed by atoms with Crippen LogP contribution in [0.15, 0.2) is 180 Å². The van der Waals surface area contributed by atoms with Crippen molar-refractivity contribution >= 4 is 11.4 Å². The number of anilines is 2. The van der Waals surface area contributed by atoms with Crippen molar-refractivity contribution in [2.75, 3.05) is 4.90 Å². The molecule has 272 valence electrons. The van der Waals surface area contributed by atoms with E-state index in [-0.39, 0.29) is 16.2 Å². The van der Waals surface area contributed by atoms with Crippen LogP contribution in [-0.2, 0) is 16.2 Å². The third-order valence-corrected chi connectivity index (χ3v) is 15.1. The minimum Gasteiger partial charge on any atom is -0.314 e. The fraction of sp³-hybridized carbons (Fsp3) is 0.236. The second-order valence-corrected chi connectivity index (χ2v) is 18.3. The van der Waals surface area contributed by atoms with Crippen molar-refractivity contribution in [3.05, 3.63) is 214 Å². The molecule has 0 heterocycles. The number of nitrogens with zero attached hydrogens (tertiary/aromatic N) is 1. The largest absolute Gasteiger partial charge is 0.314 e. The number of hydrogen-bond donors (Lipinski definition) is 0. The Morgan fingerprint density at radius 1 is 0.571 bits per heavy atom. The molecule has 56 heavy (non-hydrogen) atoms. The quantitative estimate of drug-likeness (QED) is 0.179. The molecule has 1 spiro atoms. The third kappa shape index (κ3) is 4.01. The highest BCUT2D eigenvalue weighted by Gasteiger charge is 2.61. The summed E-state index contributed by atoms with van der Waals surface area (Å²) in [4.78, 5) is 2.65. The molecule has 0 aliphatic heterocycles. The predicted octanol–water partition coefficient (Wildman–Crippen LogP) is 13.7. The van der Waals surface area contributed by atoms with Gasteiger partial charge in [-0.15, -0.1) is 0 Å². The minimum atomic E-state index is -0.103. The normalized spacial score (nSPS) is 25.8. The Kier molecular flexibility index (Phi) is 6.53. The molecular formula is C55H47N. The zero-order valence-electron chi connectivity index (χ0n) is 32.8. The van der Waals surface area contributed by atoms with Gasteiger partial charge in [-0.05, 0) is 122 Å². The molecule has 5 aromatic rings. The highest BCUT2D eigenvalue weighted by atomic mass is 15.1.